The van der Waals surface area contributed by atoms with Crippen molar-refractivity contribution >= 4 is 35.0 Å². The van der Waals surface area contributed by atoms with Crippen molar-refractivity contribution in [3.63, 3.8) is 0 Å². The second-order valence-corrected chi connectivity index (χ2v) is 5.94. The first-order valence-corrected chi connectivity index (χ1v) is 8.27. The molecular formula is C16H17ClN2OS. The number of alkyl halides is 1. The van der Waals surface area contributed by atoms with Gasteiger partial charge in [0.2, 0.25) is 5.91 Å². The van der Waals surface area contributed by atoms with Crippen LogP contribution in [0.1, 0.15) is 18.4 Å². The van der Waals surface area contributed by atoms with Crippen LogP contribution in [0.2, 0.25) is 0 Å². The molecule has 1 N–H and O–H groups in total. The topological polar surface area (TPSA) is 42.0 Å². The number of thioether (sulfide) groups is 1. The van der Waals surface area contributed by atoms with Gasteiger partial charge in [0.1, 0.15) is 0 Å². The van der Waals surface area contributed by atoms with Gasteiger partial charge in [-0.2, -0.15) is 0 Å². The third kappa shape index (κ3) is 5.78. The first-order valence-electron chi connectivity index (χ1n) is 6.75. The molecule has 110 valence electrons. The van der Waals surface area contributed by atoms with Crippen LogP contribution in [0.5, 0.6) is 0 Å². The standard InChI is InChI=1S/C16H17ClN2OS/c17-9-1-4-16(20)19-14-5-7-15(8-6-14)21-12-13-3-2-10-18-11-13/h2-3,5-8,10-11H,1,4,9,12H2,(H,19,20). The van der Waals surface area contributed by atoms with E-state index in [9.17, 15) is 4.79 Å². The van der Waals surface area contributed by atoms with Crippen LogP contribution in [0, 0.1) is 0 Å². The molecule has 2 rings (SSSR count). The van der Waals surface area contributed by atoms with Gasteiger partial charge < -0.3 is 5.32 Å². The number of nitrogens with one attached hydrogen (secondary N) is 1. The third-order valence-corrected chi connectivity index (χ3v) is 4.15. The molecule has 3 nitrogen and oxygen atoms in total. The summed E-state index contributed by atoms with van der Waals surface area (Å²) in [7, 11) is 0. The van der Waals surface area contributed by atoms with Gasteiger partial charge in [-0.1, -0.05) is 6.07 Å². The summed E-state index contributed by atoms with van der Waals surface area (Å²) in [6.07, 6.45) is 4.81. The average molecular weight is 321 g/mol. The van der Waals surface area contributed by atoms with Crippen LogP contribution in [0.25, 0.3) is 0 Å². The Hall–Kier alpha value is -1.52. The highest BCUT2D eigenvalue weighted by Crippen LogP contribution is 2.23. The normalized spacial score (nSPS) is 10.3. The Bertz CT molecular complexity index is 560. The van der Waals surface area contributed by atoms with Crippen molar-refractivity contribution in [2.75, 3.05) is 11.2 Å². The summed E-state index contributed by atoms with van der Waals surface area (Å²) in [5, 5.41) is 2.86. The van der Waals surface area contributed by atoms with Crippen molar-refractivity contribution in [2.24, 2.45) is 0 Å². The van der Waals surface area contributed by atoms with Crippen molar-refractivity contribution in [3.8, 4) is 0 Å². The lowest BCUT2D eigenvalue weighted by atomic mass is 10.3. The van der Waals surface area contributed by atoms with Gasteiger partial charge in [0.15, 0.2) is 0 Å². The number of benzene rings is 1. The number of rotatable bonds is 7. The molecule has 0 spiro atoms. The summed E-state index contributed by atoms with van der Waals surface area (Å²) >= 11 is 7.31. The van der Waals surface area contributed by atoms with E-state index in [1.165, 1.54) is 5.56 Å². The number of carbonyl (C=O) groups excluding carboxylic acids is 1. The molecule has 0 aliphatic heterocycles. The summed E-state index contributed by atoms with van der Waals surface area (Å²) in [4.78, 5) is 16.8. The van der Waals surface area contributed by atoms with Crippen LogP contribution < -0.4 is 5.32 Å². The van der Waals surface area contributed by atoms with Crippen LogP contribution >= 0.6 is 23.4 Å². The fourth-order valence-electron chi connectivity index (χ4n) is 1.74. The summed E-state index contributed by atoms with van der Waals surface area (Å²) in [6, 6.07) is 11.9. The van der Waals surface area contributed by atoms with E-state index in [1.54, 1.807) is 18.0 Å². The van der Waals surface area contributed by atoms with Crippen LogP contribution in [0.3, 0.4) is 0 Å². The molecule has 0 bridgehead atoms. The van der Waals surface area contributed by atoms with Gasteiger partial charge in [-0.05, 0) is 42.3 Å². The molecule has 0 atom stereocenters. The molecule has 1 heterocycles. The number of carbonyl (C=O) groups is 1. The van der Waals surface area contributed by atoms with E-state index in [0.29, 0.717) is 18.7 Å². The number of amides is 1. The highest BCUT2D eigenvalue weighted by atomic mass is 35.5. The van der Waals surface area contributed by atoms with Crippen LogP contribution in [-0.2, 0) is 10.5 Å². The molecule has 0 saturated heterocycles. The number of nitrogens with zero attached hydrogens (tertiary/aromatic N) is 1. The van der Waals surface area contributed by atoms with Gasteiger partial charge in [-0.3, -0.25) is 9.78 Å². The summed E-state index contributed by atoms with van der Waals surface area (Å²) in [6.45, 7) is 0. The number of halogens is 1. The van der Waals surface area contributed by atoms with Crippen LogP contribution in [-0.4, -0.2) is 16.8 Å². The van der Waals surface area contributed by atoms with Crippen molar-refractivity contribution in [2.45, 2.75) is 23.5 Å². The van der Waals surface area contributed by atoms with E-state index >= 15 is 0 Å². The van der Waals surface area contributed by atoms with E-state index in [-0.39, 0.29) is 5.91 Å². The largest absolute Gasteiger partial charge is 0.326 e. The molecule has 2 aromatic rings. The zero-order valence-electron chi connectivity index (χ0n) is 11.6. The lowest BCUT2D eigenvalue weighted by molar-refractivity contribution is -0.116. The molecule has 0 saturated carbocycles. The second-order valence-electron chi connectivity index (χ2n) is 4.52. The number of anilines is 1. The average Bonchev–Trinajstić information content (AvgIpc) is 2.53. The smallest absolute Gasteiger partial charge is 0.224 e. The molecule has 0 unspecified atom stereocenters. The molecule has 0 aliphatic rings. The van der Waals surface area contributed by atoms with Gasteiger partial charge in [0.25, 0.3) is 0 Å². The third-order valence-electron chi connectivity index (χ3n) is 2.80. The summed E-state index contributed by atoms with van der Waals surface area (Å²) in [5.41, 5.74) is 2.02. The first kappa shape index (κ1) is 15.9. The minimum atomic E-state index is 0.00594. The predicted octanol–water partition coefficient (Wildman–Crippen LogP) is 4.33. The van der Waals surface area contributed by atoms with Crippen LogP contribution in [0.4, 0.5) is 5.69 Å². The Labute approximate surface area is 134 Å². The Morgan fingerprint density at radius 3 is 2.71 bits per heavy atom. The van der Waals surface area contributed by atoms with E-state index in [0.717, 1.165) is 16.3 Å². The van der Waals surface area contributed by atoms with Gasteiger partial charge in [-0.25, -0.2) is 0 Å². The lowest BCUT2D eigenvalue weighted by Gasteiger charge is -2.06. The van der Waals surface area contributed by atoms with E-state index in [4.69, 9.17) is 11.6 Å². The van der Waals surface area contributed by atoms with E-state index < -0.39 is 0 Å². The van der Waals surface area contributed by atoms with Crippen molar-refractivity contribution < 1.29 is 4.79 Å². The number of pyridine rings is 1. The summed E-state index contributed by atoms with van der Waals surface area (Å²) in [5.74, 6) is 1.40. The minimum absolute atomic E-state index is 0.00594. The molecule has 21 heavy (non-hydrogen) atoms. The van der Waals surface area contributed by atoms with Crippen LogP contribution in [0.15, 0.2) is 53.7 Å². The quantitative estimate of drug-likeness (QED) is 0.610. The van der Waals surface area contributed by atoms with Crippen molar-refractivity contribution in [1.29, 1.82) is 0 Å². The zero-order chi connectivity index (χ0) is 14.9. The highest BCUT2D eigenvalue weighted by Gasteiger charge is 2.02. The zero-order valence-corrected chi connectivity index (χ0v) is 13.2. The SMILES string of the molecule is O=C(CCCCl)Nc1ccc(SCc2cccnc2)cc1. The second kappa shape index (κ2) is 8.70. The molecule has 0 radical (unpaired) electrons. The molecular weight excluding hydrogens is 304 g/mol. The predicted molar refractivity (Wildman–Crippen MR) is 88.8 cm³/mol. The fraction of sp³-hybridized carbons (Fsp3) is 0.250. The number of aromatic nitrogens is 1. The highest BCUT2D eigenvalue weighted by molar-refractivity contribution is 7.98. The maximum atomic E-state index is 11.6. The van der Waals surface area contributed by atoms with E-state index in [1.807, 2.05) is 36.5 Å². The molecule has 1 aromatic carbocycles. The maximum Gasteiger partial charge on any atom is 0.224 e. The Morgan fingerprint density at radius 1 is 1.24 bits per heavy atom. The van der Waals surface area contributed by atoms with Crippen molar-refractivity contribution in [3.05, 3.63) is 54.4 Å². The number of hydrogen-bond donors (Lipinski definition) is 1. The molecule has 5 heteroatoms. The minimum Gasteiger partial charge on any atom is -0.326 e. The van der Waals surface area contributed by atoms with Crippen molar-refractivity contribution in [1.82, 2.24) is 4.98 Å². The molecule has 1 amide bonds. The van der Waals surface area contributed by atoms with Gasteiger partial charge in [0.05, 0.1) is 0 Å². The Morgan fingerprint density at radius 2 is 2.05 bits per heavy atom. The summed E-state index contributed by atoms with van der Waals surface area (Å²) < 4.78 is 0. The van der Waals surface area contributed by atoms with Gasteiger partial charge in [0, 0.05) is 41.0 Å². The first-order chi connectivity index (χ1) is 10.3. The Kier molecular flexibility index (Phi) is 6.57. The van der Waals surface area contributed by atoms with Gasteiger partial charge >= 0.3 is 0 Å². The van der Waals surface area contributed by atoms with Gasteiger partial charge in [-0.15, -0.1) is 23.4 Å². The van der Waals surface area contributed by atoms with E-state index in [2.05, 4.69) is 16.4 Å². The number of hydrogen-bond acceptors (Lipinski definition) is 3. The Balaban J connectivity index is 1.83. The molecule has 0 aliphatic carbocycles. The molecule has 0 fully saturated rings. The lowest BCUT2D eigenvalue weighted by Crippen LogP contribution is -2.11. The fourth-order valence-corrected chi connectivity index (χ4v) is 2.70. The monoisotopic (exact) mass is 320 g/mol. The maximum absolute atomic E-state index is 11.6. The molecule has 1 aromatic heterocycles.